The van der Waals surface area contributed by atoms with Gasteiger partial charge in [0, 0.05) is 30.4 Å². The largest absolute Gasteiger partial charge is 0.493 e. The second kappa shape index (κ2) is 10.8. The number of aryl methyl sites for hydroxylation is 1. The second-order valence-electron chi connectivity index (χ2n) is 9.26. The molecule has 1 aliphatic rings. The van der Waals surface area contributed by atoms with Gasteiger partial charge in [0.1, 0.15) is 6.54 Å². The minimum Gasteiger partial charge on any atom is -0.493 e. The van der Waals surface area contributed by atoms with Crippen molar-refractivity contribution in [2.75, 3.05) is 32.2 Å². The normalized spacial score (nSPS) is 15.8. The van der Waals surface area contributed by atoms with Crippen LogP contribution in [0.25, 0.3) is 11.4 Å². The van der Waals surface area contributed by atoms with E-state index >= 15 is 0 Å². The van der Waals surface area contributed by atoms with Crippen LogP contribution in [0.3, 0.4) is 0 Å². The Labute approximate surface area is 206 Å². The Kier molecular flexibility index (Phi) is 7.58. The number of rotatable bonds is 8. The highest BCUT2D eigenvalue weighted by Crippen LogP contribution is 2.31. The Bertz CT molecular complexity index is 1140. The van der Waals surface area contributed by atoms with E-state index < -0.39 is 0 Å². The van der Waals surface area contributed by atoms with Gasteiger partial charge in [-0.2, -0.15) is 4.98 Å². The van der Waals surface area contributed by atoms with Gasteiger partial charge >= 0.3 is 0 Å². The first kappa shape index (κ1) is 24.6. The van der Waals surface area contributed by atoms with Crippen LogP contribution >= 0.6 is 0 Å². The molecule has 0 saturated carbocycles. The summed E-state index contributed by atoms with van der Waals surface area (Å²) in [5, 5.41) is 4.13. The van der Waals surface area contributed by atoms with E-state index in [1.807, 2.05) is 24.8 Å². The highest BCUT2D eigenvalue weighted by Gasteiger charge is 2.31. The number of aromatic nitrogens is 2. The first-order valence-corrected chi connectivity index (χ1v) is 12.1. The van der Waals surface area contributed by atoms with Crippen molar-refractivity contribution in [2.24, 2.45) is 5.92 Å². The number of anilines is 1. The standard InChI is InChI=1S/C27H34N4O4/c1-18(2)31(27(32)21-7-6-14-30(16-21)22-11-8-19(3)9-12-22)17-25-28-26(29-35-25)20-10-13-23(33-4)24(15-20)34-5/h8-13,15,18,21H,6-7,14,16-17H2,1-5H3/t21-/m1/s1. The molecule has 1 atom stereocenters. The molecular formula is C27H34N4O4. The van der Waals surface area contributed by atoms with Gasteiger partial charge in [0.05, 0.1) is 20.1 Å². The van der Waals surface area contributed by atoms with Gasteiger partial charge in [0.2, 0.25) is 17.6 Å². The molecule has 8 nitrogen and oxygen atoms in total. The third-order valence-electron chi connectivity index (χ3n) is 6.49. The fraction of sp³-hybridized carbons (Fsp3) is 0.444. The van der Waals surface area contributed by atoms with Gasteiger partial charge in [0.25, 0.3) is 0 Å². The van der Waals surface area contributed by atoms with Gasteiger partial charge < -0.3 is 23.8 Å². The van der Waals surface area contributed by atoms with Crippen LogP contribution in [-0.2, 0) is 11.3 Å². The quantitative estimate of drug-likeness (QED) is 0.464. The minimum absolute atomic E-state index is 0.00804. The Balaban J connectivity index is 1.47. The number of nitrogens with zero attached hydrogens (tertiary/aromatic N) is 4. The van der Waals surface area contributed by atoms with Crippen LogP contribution in [0.5, 0.6) is 11.5 Å². The van der Waals surface area contributed by atoms with E-state index in [0.29, 0.717) is 29.8 Å². The molecule has 1 saturated heterocycles. The second-order valence-corrected chi connectivity index (χ2v) is 9.26. The fourth-order valence-electron chi connectivity index (χ4n) is 4.48. The molecule has 35 heavy (non-hydrogen) atoms. The van der Waals surface area contributed by atoms with Crippen molar-refractivity contribution in [2.45, 2.75) is 46.2 Å². The number of hydrogen-bond acceptors (Lipinski definition) is 7. The average molecular weight is 479 g/mol. The third-order valence-corrected chi connectivity index (χ3v) is 6.49. The summed E-state index contributed by atoms with van der Waals surface area (Å²) in [6.07, 6.45) is 1.87. The molecule has 1 aliphatic heterocycles. The predicted octanol–water partition coefficient (Wildman–Crippen LogP) is 4.72. The Morgan fingerprint density at radius 1 is 1.14 bits per heavy atom. The molecule has 2 aromatic carbocycles. The molecule has 0 bridgehead atoms. The van der Waals surface area contributed by atoms with E-state index in [2.05, 4.69) is 46.2 Å². The summed E-state index contributed by atoms with van der Waals surface area (Å²) < 4.78 is 16.2. The minimum atomic E-state index is -0.0688. The van der Waals surface area contributed by atoms with Crippen molar-refractivity contribution in [3.8, 4) is 22.9 Å². The van der Waals surface area contributed by atoms with E-state index in [9.17, 15) is 4.79 Å². The molecule has 186 valence electrons. The average Bonchev–Trinajstić information content (AvgIpc) is 3.35. The molecule has 8 heteroatoms. The molecule has 2 heterocycles. The van der Waals surface area contributed by atoms with Gasteiger partial charge in [-0.1, -0.05) is 22.9 Å². The highest BCUT2D eigenvalue weighted by atomic mass is 16.5. The number of amides is 1. The first-order chi connectivity index (χ1) is 16.9. The van der Waals surface area contributed by atoms with Crippen molar-refractivity contribution < 1.29 is 18.8 Å². The smallest absolute Gasteiger partial charge is 0.246 e. The molecule has 0 N–H and O–H groups in total. The lowest BCUT2D eigenvalue weighted by molar-refractivity contribution is -0.138. The summed E-state index contributed by atoms with van der Waals surface area (Å²) >= 11 is 0. The number of methoxy groups -OCH3 is 2. The van der Waals surface area contributed by atoms with Crippen molar-refractivity contribution in [1.29, 1.82) is 0 Å². The Hall–Kier alpha value is -3.55. The first-order valence-electron chi connectivity index (χ1n) is 12.1. The van der Waals surface area contributed by atoms with Crippen LogP contribution in [0.1, 0.15) is 38.1 Å². The molecule has 1 amide bonds. The predicted molar refractivity (Wildman–Crippen MR) is 135 cm³/mol. The van der Waals surface area contributed by atoms with Crippen LogP contribution in [0.2, 0.25) is 0 Å². The lowest BCUT2D eigenvalue weighted by atomic mass is 9.95. The molecular weight excluding hydrogens is 444 g/mol. The molecule has 1 fully saturated rings. The molecule has 0 aliphatic carbocycles. The van der Waals surface area contributed by atoms with Crippen LogP contribution in [0.15, 0.2) is 47.0 Å². The van der Waals surface area contributed by atoms with E-state index in [-0.39, 0.29) is 24.4 Å². The molecule has 3 aromatic rings. The summed E-state index contributed by atoms with van der Waals surface area (Å²) in [4.78, 5) is 22.3. The molecule has 1 aromatic heterocycles. The third kappa shape index (κ3) is 5.58. The monoisotopic (exact) mass is 478 g/mol. The molecule has 0 radical (unpaired) electrons. The van der Waals surface area contributed by atoms with Gasteiger partial charge in [-0.15, -0.1) is 0 Å². The zero-order chi connectivity index (χ0) is 24.9. The summed E-state index contributed by atoms with van der Waals surface area (Å²) in [7, 11) is 3.18. The number of ether oxygens (including phenoxy) is 2. The van der Waals surface area contributed by atoms with E-state index in [4.69, 9.17) is 14.0 Å². The highest BCUT2D eigenvalue weighted by molar-refractivity contribution is 5.80. The summed E-state index contributed by atoms with van der Waals surface area (Å²) in [6.45, 7) is 8.08. The number of carbonyl (C=O) groups is 1. The number of carbonyl (C=O) groups excluding carboxylic acids is 1. The maximum absolute atomic E-state index is 13.6. The van der Waals surface area contributed by atoms with Crippen LogP contribution in [0.4, 0.5) is 5.69 Å². The maximum Gasteiger partial charge on any atom is 0.246 e. The summed E-state index contributed by atoms with van der Waals surface area (Å²) in [6, 6.07) is 14.0. The van der Waals surface area contributed by atoms with Crippen molar-refractivity contribution in [3.63, 3.8) is 0 Å². The molecule has 0 spiro atoms. The number of hydrogen-bond donors (Lipinski definition) is 0. The van der Waals surface area contributed by atoms with Gasteiger partial charge in [0.15, 0.2) is 11.5 Å². The van der Waals surface area contributed by atoms with Crippen molar-refractivity contribution in [1.82, 2.24) is 15.0 Å². The number of benzene rings is 2. The fourth-order valence-corrected chi connectivity index (χ4v) is 4.48. The maximum atomic E-state index is 13.6. The van der Waals surface area contributed by atoms with E-state index in [1.54, 1.807) is 26.4 Å². The van der Waals surface area contributed by atoms with Gasteiger partial charge in [-0.3, -0.25) is 4.79 Å². The van der Waals surface area contributed by atoms with Gasteiger partial charge in [-0.25, -0.2) is 0 Å². The number of piperidine rings is 1. The zero-order valence-corrected chi connectivity index (χ0v) is 21.2. The summed E-state index contributed by atoms with van der Waals surface area (Å²) in [5.41, 5.74) is 3.15. The molecule has 4 rings (SSSR count). The topological polar surface area (TPSA) is 80.9 Å². The zero-order valence-electron chi connectivity index (χ0n) is 21.2. The van der Waals surface area contributed by atoms with Crippen molar-refractivity contribution >= 4 is 11.6 Å². The Morgan fingerprint density at radius 3 is 2.57 bits per heavy atom. The Morgan fingerprint density at radius 2 is 1.89 bits per heavy atom. The van der Waals surface area contributed by atoms with Gasteiger partial charge in [-0.05, 0) is 63.9 Å². The summed E-state index contributed by atoms with van der Waals surface area (Å²) in [5.74, 6) is 2.13. The SMILES string of the molecule is COc1ccc(-c2noc(CN(C(=O)[C@@H]3CCCN(c4ccc(C)cc4)C3)C(C)C)n2)cc1OC. The van der Waals surface area contributed by atoms with E-state index in [1.165, 1.54) is 11.3 Å². The van der Waals surface area contributed by atoms with Crippen LogP contribution in [-0.4, -0.2) is 54.3 Å². The van der Waals surface area contributed by atoms with E-state index in [0.717, 1.165) is 24.9 Å². The lowest BCUT2D eigenvalue weighted by Crippen LogP contribution is -2.47. The van der Waals surface area contributed by atoms with Crippen LogP contribution < -0.4 is 14.4 Å². The molecule has 0 unspecified atom stereocenters. The van der Waals surface area contributed by atoms with Crippen molar-refractivity contribution in [3.05, 3.63) is 53.9 Å². The van der Waals surface area contributed by atoms with Crippen LogP contribution in [0, 0.1) is 12.8 Å². The lowest BCUT2D eigenvalue weighted by Gasteiger charge is -2.37.